The molecule has 64 valence electrons. The predicted octanol–water partition coefficient (Wildman–Crippen LogP) is 3.32. The second kappa shape index (κ2) is 4.48. The number of benzene rings is 1. The van der Waals surface area contributed by atoms with Gasteiger partial charge in [-0.05, 0) is 6.07 Å². The molecule has 0 heterocycles. The van der Waals surface area contributed by atoms with E-state index in [1.54, 1.807) is 12.1 Å². The van der Waals surface area contributed by atoms with E-state index < -0.39 is 5.43 Å². The molecule has 4 heteroatoms. The normalized spacial score (nSPS) is 9.50. The summed E-state index contributed by atoms with van der Waals surface area (Å²) in [6.45, 7) is 0. The lowest BCUT2D eigenvalue weighted by molar-refractivity contribution is 0.225. The van der Waals surface area contributed by atoms with Gasteiger partial charge in [0.25, 0.3) is 0 Å². The molecule has 0 saturated heterocycles. The Labute approximate surface area is 83.6 Å². The van der Waals surface area contributed by atoms with Crippen LogP contribution in [0.1, 0.15) is 5.56 Å². The van der Waals surface area contributed by atoms with Crippen LogP contribution >= 0.6 is 27.5 Å². The number of hydrogen-bond donors (Lipinski definition) is 0. The molecule has 0 bridgehead atoms. The second-order valence-electron chi connectivity index (χ2n) is 2.08. The highest BCUT2D eigenvalue weighted by atomic mass is 79.9. The van der Waals surface area contributed by atoms with E-state index in [0.29, 0.717) is 11.1 Å². The SMILES string of the molecule is O=C(Cl)Oc1ccccc1CBr. The van der Waals surface area contributed by atoms with Gasteiger partial charge >= 0.3 is 5.43 Å². The summed E-state index contributed by atoms with van der Waals surface area (Å²) in [5, 5.41) is 0.632. The molecule has 1 aromatic carbocycles. The molecular weight excluding hydrogens is 243 g/mol. The average molecular weight is 249 g/mol. The van der Waals surface area contributed by atoms with Crippen LogP contribution in [-0.4, -0.2) is 5.43 Å². The van der Waals surface area contributed by atoms with E-state index in [4.69, 9.17) is 16.3 Å². The van der Waals surface area contributed by atoms with Gasteiger partial charge < -0.3 is 4.74 Å². The van der Waals surface area contributed by atoms with Crippen LogP contribution in [-0.2, 0) is 5.33 Å². The van der Waals surface area contributed by atoms with Crippen molar-refractivity contribution in [3.8, 4) is 5.75 Å². The quantitative estimate of drug-likeness (QED) is 0.594. The summed E-state index contributed by atoms with van der Waals surface area (Å²) in [5.41, 5.74) is 0.0786. The third-order valence-corrected chi connectivity index (χ3v) is 1.99. The van der Waals surface area contributed by atoms with Gasteiger partial charge in [0.1, 0.15) is 5.75 Å². The van der Waals surface area contributed by atoms with Crippen LogP contribution in [0.5, 0.6) is 5.75 Å². The van der Waals surface area contributed by atoms with E-state index in [1.807, 2.05) is 12.1 Å². The molecule has 0 spiro atoms. The lowest BCUT2D eigenvalue weighted by Crippen LogP contribution is -1.98. The van der Waals surface area contributed by atoms with Gasteiger partial charge in [-0.1, -0.05) is 34.1 Å². The van der Waals surface area contributed by atoms with Crippen molar-refractivity contribution in [2.24, 2.45) is 0 Å². The Morgan fingerprint density at radius 1 is 1.50 bits per heavy atom. The average Bonchev–Trinajstić information content (AvgIpc) is 2.04. The predicted molar refractivity (Wildman–Crippen MR) is 51.0 cm³/mol. The number of para-hydroxylation sites is 1. The van der Waals surface area contributed by atoms with Gasteiger partial charge in [0.05, 0.1) is 0 Å². The zero-order valence-corrected chi connectivity index (χ0v) is 8.43. The third-order valence-electron chi connectivity index (χ3n) is 1.31. The summed E-state index contributed by atoms with van der Waals surface area (Å²) in [5.74, 6) is 0.495. The van der Waals surface area contributed by atoms with Crippen LogP contribution in [0, 0.1) is 0 Å². The zero-order valence-electron chi connectivity index (χ0n) is 6.09. The molecule has 0 unspecified atom stereocenters. The first-order chi connectivity index (χ1) is 5.74. The monoisotopic (exact) mass is 248 g/mol. The topological polar surface area (TPSA) is 26.3 Å². The fourth-order valence-electron chi connectivity index (χ4n) is 0.800. The van der Waals surface area contributed by atoms with E-state index in [-0.39, 0.29) is 0 Å². The fourth-order valence-corrected chi connectivity index (χ4v) is 1.35. The Hall–Kier alpha value is -0.540. The van der Waals surface area contributed by atoms with Crippen molar-refractivity contribution >= 4 is 33.0 Å². The number of alkyl halides is 1. The van der Waals surface area contributed by atoms with Crippen molar-refractivity contribution in [1.29, 1.82) is 0 Å². The van der Waals surface area contributed by atoms with Gasteiger partial charge in [0, 0.05) is 22.5 Å². The van der Waals surface area contributed by atoms with E-state index in [2.05, 4.69) is 15.9 Å². The van der Waals surface area contributed by atoms with Gasteiger partial charge in [-0.15, -0.1) is 0 Å². The fraction of sp³-hybridized carbons (Fsp3) is 0.125. The molecule has 0 radical (unpaired) electrons. The molecule has 1 rings (SSSR count). The smallest absolute Gasteiger partial charge is 0.409 e. The minimum atomic E-state index is -0.816. The lowest BCUT2D eigenvalue weighted by atomic mass is 10.2. The van der Waals surface area contributed by atoms with Crippen LogP contribution in [0.2, 0.25) is 0 Å². The van der Waals surface area contributed by atoms with Gasteiger partial charge in [-0.2, -0.15) is 0 Å². The summed E-state index contributed by atoms with van der Waals surface area (Å²) >= 11 is 8.33. The van der Waals surface area contributed by atoms with E-state index in [9.17, 15) is 4.79 Å². The maximum absolute atomic E-state index is 10.4. The minimum Gasteiger partial charge on any atom is -0.414 e. The van der Waals surface area contributed by atoms with E-state index >= 15 is 0 Å². The highest BCUT2D eigenvalue weighted by Gasteiger charge is 2.04. The molecule has 0 aromatic heterocycles. The number of hydrogen-bond acceptors (Lipinski definition) is 2. The molecule has 12 heavy (non-hydrogen) atoms. The number of carbonyl (C=O) groups excluding carboxylic acids is 1. The van der Waals surface area contributed by atoms with Crippen LogP contribution in [0.25, 0.3) is 0 Å². The summed E-state index contributed by atoms with van der Waals surface area (Å²) in [6, 6.07) is 7.18. The first-order valence-electron chi connectivity index (χ1n) is 3.25. The van der Waals surface area contributed by atoms with Crippen molar-refractivity contribution in [1.82, 2.24) is 0 Å². The highest BCUT2D eigenvalue weighted by Crippen LogP contribution is 2.20. The standard InChI is InChI=1S/C8H6BrClO2/c9-5-6-3-1-2-4-7(6)12-8(10)11/h1-4H,5H2. The van der Waals surface area contributed by atoms with Crippen molar-refractivity contribution in [3.63, 3.8) is 0 Å². The Morgan fingerprint density at radius 2 is 2.17 bits per heavy atom. The molecule has 0 aliphatic rings. The van der Waals surface area contributed by atoms with Gasteiger partial charge in [-0.25, -0.2) is 4.79 Å². The molecule has 0 amide bonds. The first-order valence-corrected chi connectivity index (χ1v) is 4.75. The lowest BCUT2D eigenvalue weighted by Gasteiger charge is -2.03. The van der Waals surface area contributed by atoms with Crippen LogP contribution in [0.4, 0.5) is 4.79 Å². The van der Waals surface area contributed by atoms with Gasteiger partial charge in [-0.3, -0.25) is 0 Å². The molecule has 1 aromatic rings. The number of halogens is 2. The third kappa shape index (κ3) is 2.50. The van der Waals surface area contributed by atoms with Crippen molar-refractivity contribution in [2.45, 2.75) is 5.33 Å². The summed E-state index contributed by atoms with van der Waals surface area (Å²) in [7, 11) is 0. The Balaban J connectivity index is 2.89. The molecule has 0 N–H and O–H groups in total. The van der Waals surface area contributed by atoms with Gasteiger partial charge in [0.2, 0.25) is 0 Å². The van der Waals surface area contributed by atoms with Crippen molar-refractivity contribution < 1.29 is 9.53 Å². The number of ether oxygens (including phenoxy) is 1. The number of rotatable bonds is 2. The van der Waals surface area contributed by atoms with Gasteiger partial charge in [0.15, 0.2) is 0 Å². The maximum Gasteiger partial charge on any atom is 0.409 e. The summed E-state index contributed by atoms with van der Waals surface area (Å²) in [6.07, 6.45) is 0. The second-order valence-corrected chi connectivity index (χ2v) is 2.95. The van der Waals surface area contributed by atoms with Crippen LogP contribution in [0.3, 0.4) is 0 Å². The van der Waals surface area contributed by atoms with E-state index in [0.717, 1.165) is 5.56 Å². The van der Waals surface area contributed by atoms with Crippen molar-refractivity contribution in [2.75, 3.05) is 0 Å². The highest BCUT2D eigenvalue weighted by molar-refractivity contribution is 9.08. The molecule has 0 saturated carbocycles. The molecule has 0 fully saturated rings. The van der Waals surface area contributed by atoms with Crippen molar-refractivity contribution in [3.05, 3.63) is 29.8 Å². The Morgan fingerprint density at radius 3 is 2.75 bits per heavy atom. The molecule has 0 aliphatic carbocycles. The van der Waals surface area contributed by atoms with E-state index in [1.165, 1.54) is 0 Å². The largest absolute Gasteiger partial charge is 0.414 e. The Bertz CT molecular complexity index is 288. The molecule has 2 nitrogen and oxygen atoms in total. The molecule has 0 aliphatic heterocycles. The maximum atomic E-state index is 10.4. The number of carbonyl (C=O) groups is 1. The van der Waals surface area contributed by atoms with Crippen LogP contribution in [0.15, 0.2) is 24.3 Å². The first kappa shape index (κ1) is 9.55. The summed E-state index contributed by atoms with van der Waals surface area (Å²) in [4.78, 5) is 10.4. The Kier molecular flexibility index (Phi) is 3.56. The summed E-state index contributed by atoms with van der Waals surface area (Å²) < 4.78 is 4.73. The molecule has 0 atom stereocenters. The molecular formula is C8H6BrClO2. The zero-order chi connectivity index (χ0) is 8.97. The minimum absolute atomic E-state index is 0.495. The van der Waals surface area contributed by atoms with Crippen LogP contribution < -0.4 is 4.74 Å².